The van der Waals surface area contributed by atoms with Gasteiger partial charge >= 0.3 is 5.97 Å². The summed E-state index contributed by atoms with van der Waals surface area (Å²) in [5.74, 6) is -0.146. The van der Waals surface area contributed by atoms with Gasteiger partial charge in [0.15, 0.2) is 0 Å². The van der Waals surface area contributed by atoms with Crippen LogP contribution in [0.2, 0.25) is 0 Å². The Bertz CT molecular complexity index is 275. The summed E-state index contributed by atoms with van der Waals surface area (Å²) >= 11 is 0. The summed E-state index contributed by atoms with van der Waals surface area (Å²) < 4.78 is 4.91. The molecule has 0 atom stereocenters. The van der Waals surface area contributed by atoms with Gasteiger partial charge in [0.05, 0.1) is 6.61 Å². The van der Waals surface area contributed by atoms with E-state index >= 15 is 0 Å². The summed E-state index contributed by atoms with van der Waals surface area (Å²) in [7, 11) is 0. The number of amides is 1. The molecule has 104 valence electrons. The fourth-order valence-corrected chi connectivity index (χ4v) is 2.23. The van der Waals surface area contributed by atoms with Crippen LogP contribution in [0.1, 0.15) is 33.1 Å². The minimum absolute atomic E-state index is 0.0622. The first-order valence-corrected chi connectivity index (χ1v) is 6.84. The second kappa shape index (κ2) is 8.08. The first-order chi connectivity index (χ1) is 8.69. The highest BCUT2D eigenvalue weighted by Crippen LogP contribution is 2.15. The molecule has 0 unspecified atom stereocenters. The van der Waals surface area contributed by atoms with Gasteiger partial charge in [0.2, 0.25) is 5.91 Å². The fraction of sp³-hybridized carbons (Fsp3) is 0.846. The number of carbonyl (C=O) groups excluding carboxylic acids is 2. The normalized spacial score (nSPS) is 16.3. The third-order valence-electron chi connectivity index (χ3n) is 3.12. The Hall–Kier alpha value is -1.10. The second-order valence-electron chi connectivity index (χ2n) is 4.59. The molecule has 5 nitrogen and oxygen atoms in total. The maximum atomic E-state index is 12.3. The predicted molar refractivity (Wildman–Crippen MR) is 69.1 cm³/mol. The van der Waals surface area contributed by atoms with Gasteiger partial charge in [0.1, 0.15) is 6.54 Å². The molecule has 0 spiro atoms. The van der Waals surface area contributed by atoms with Crippen molar-refractivity contribution in [2.45, 2.75) is 33.1 Å². The number of piperidine rings is 1. The minimum atomic E-state index is -0.312. The molecule has 0 saturated carbocycles. The van der Waals surface area contributed by atoms with Gasteiger partial charge in [-0.1, -0.05) is 6.92 Å². The lowest BCUT2D eigenvalue weighted by atomic mass is 9.96. The molecule has 1 saturated heterocycles. The average Bonchev–Trinajstić information content (AvgIpc) is 2.39. The van der Waals surface area contributed by atoms with Gasteiger partial charge in [0, 0.05) is 12.5 Å². The van der Waals surface area contributed by atoms with E-state index in [9.17, 15) is 9.59 Å². The predicted octanol–water partition coefficient (Wildman–Crippen LogP) is 0.788. The topological polar surface area (TPSA) is 58.6 Å². The number of ether oxygens (including phenoxy) is 1. The number of hydrogen-bond acceptors (Lipinski definition) is 4. The highest BCUT2D eigenvalue weighted by atomic mass is 16.5. The Kier molecular flexibility index (Phi) is 6.72. The van der Waals surface area contributed by atoms with Crippen LogP contribution < -0.4 is 5.32 Å². The molecule has 1 N–H and O–H groups in total. The first-order valence-electron chi connectivity index (χ1n) is 6.84. The van der Waals surface area contributed by atoms with E-state index in [1.54, 1.807) is 11.8 Å². The first kappa shape index (κ1) is 15.0. The molecular weight excluding hydrogens is 232 g/mol. The van der Waals surface area contributed by atoms with Crippen molar-refractivity contribution < 1.29 is 14.3 Å². The third kappa shape index (κ3) is 4.64. The molecule has 1 heterocycles. The van der Waals surface area contributed by atoms with E-state index in [0.717, 1.165) is 32.4 Å². The number of nitrogens with one attached hydrogen (secondary N) is 1. The Morgan fingerprint density at radius 1 is 1.28 bits per heavy atom. The largest absolute Gasteiger partial charge is 0.465 e. The van der Waals surface area contributed by atoms with Gasteiger partial charge in [-0.2, -0.15) is 0 Å². The summed E-state index contributed by atoms with van der Waals surface area (Å²) in [6, 6.07) is 0. The van der Waals surface area contributed by atoms with Crippen LogP contribution in [0.5, 0.6) is 0 Å². The molecule has 1 aliphatic rings. The summed E-state index contributed by atoms with van der Waals surface area (Å²) in [6.07, 6.45) is 2.58. The minimum Gasteiger partial charge on any atom is -0.465 e. The molecule has 18 heavy (non-hydrogen) atoms. The van der Waals surface area contributed by atoms with Crippen molar-refractivity contribution in [1.29, 1.82) is 0 Å². The molecule has 1 rings (SSSR count). The number of carbonyl (C=O) groups is 2. The summed E-state index contributed by atoms with van der Waals surface area (Å²) in [4.78, 5) is 25.5. The van der Waals surface area contributed by atoms with Crippen LogP contribution in [0.3, 0.4) is 0 Å². The van der Waals surface area contributed by atoms with E-state index in [2.05, 4.69) is 5.32 Å². The van der Waals surface area contributed by atoms with Crippen molar-refractivity contribution >= 4 is 11.9 Å². The van der Waals surface area contributed by atoms with Crippen LogP contribution in [0, 0.1) is 5.92 Å². The van der Waals surface area contributed by atoms with Gasteiger partial charge < -0.3 is 15.0 Å². The van der Waals surface area contributed by atoms with Crippen molar-refractivity contribution in [2.75, 3.05) is 32.8 Å². The highest BCUT2D eigenvalue weighted by molar-refractivity contribution is 5.83. The Balaban J connectivity index is 2.53. The van der Waals surface area contributed by atoms with Crippen molar-refractivity contribution in [1.82, 2.24) is 10.2 Å². The van der Waals surface area contributed by atoms with E-state index in [4.69, 9.17) is 4.74 Å². The van der Waals surface area contributed by atoms with Crippen LogP contribution in [0.15, 0.2) is 0 Å². The summed E-state index contributed by atoms with van der Waals surface area (Å²) in [5.41, 5.74) is 0. The van der Waals surface area contributed by atoms with E-state index in [0.29, 0.717) is 13.2 Å². The number of esters is 1. The molecule has 0 aromatic carbocycles. The summed E-state index contributed by atoms with van der Waals surface area (Å²) in [5, 5.41) is 3.24. The Morgan fingerprint density at radius 3 is 2.50 bits per heavy atom. The van der Waals surface area contributed by atoms with E-state index in [1.807, 2.05) is 6.92 Å². The van der Waals surface area contributed by atoms with Crippen LogP contribution in [-0.4, -0.2) is 49.6 Å². The molecular formula is C13H24N2O3. The van der Waals surface area contributed by atoms with Crippen LogP contribution in [-0.2, 0) is 14.3 Å². The lowest BCUT2D eigenvalue weighted by Gasteiger charge is -2.28. The molecule has 5 heteroatoms. The molecule has 0 bridgehead atoms. The lowest BCUT2D eigenvalue weighted by Crippen LogP contribution is -2.43. The monoisotopic (exact) mass is 256 g/mol. The Labute approximate surface area is 109 Å². The number of rotatable bonds is 6. The van der Waals surface area contributed by atoms with E-state index < -0.39 is 0 Å². The highest BCUT2D eigenvalue weighted by Gasteiger charge is 2.26. The zero-order chi connectivity index (χ0) is 13.4. The zero-order valence-corrected chi connectivity index (χ0v) is 11.4. The smallest absolute Gasteiger partial charge is 0.325 e. The quantitative estimate of drug-likeness (QED) is 0.714. The van der Waals surface area contributed by atoms with E-state index in [-0.39, 0.29) is 24.3 Å². The molecule has 1 amide bonds. The maximum absolute atomic E-state index is 12.3. The SMILES string of the molecule is CCCN(CC(=O)OCC)C(=O)C1CCNCC1. The van der Waals surface area contributed by atoms with Crippen molar-refractivity contribution in [3.63, 3.8) is 0 Å². The van der Waals surface area contributed by atoms with Gasteiger partial charge in [-0.15, -0.1) is 0 Å². The van der Waals surface area contributed by atoms with Crippen molar-refractivity contribution in [3.05, 3.63) is 0 Å². The zero-order valence-electron chi connectivity index (χ0n) is 11.4. The molecule has 0 aliphatic carbocycles. The number of hydrogen-bond donors (Lipinski definition) is 1. The maximum Gasteiger partial charge on any atom is 0.325 e. The summed E-state index contributed by atoms with van der Waals surface area (Å²) in [6.45, 7) is 6.63. The molecule has 1 aliphatic heterocycles. The van der Waals surface area contributed by atoms with Gasteiger partial charge in [-0.25, -0.2) is 0 Å². The fourth-order valence-electron chi connectivity index (χ4n) is 2.23. The molecule has 0 aromatic rings. The molecule has 0 aromatic heterocycles. The van der Waals surface area contributed by atoms with Crippen molar-refractivity contribution in [2.24, 2.45) is 5.92 Å². The average molecular weight is 256 g/mol. The second-order valence-corrected chi connectivity index (χ2v) is 4.59. The molecule has 0 radical (unpaired) electrons. The van der Waals surface area contributed by atoms with Crippen LogP contribution in [0.4, 0.5) is 0 Å². The Morgan fingerprint density at radius 2 is 1.94 bits per heavy atom. The van der Waals surface area contributed by atoms with Gasteiger partial charge in [-0.3, -0.25) is 9.59 Å². The standard InChI is InChI=1S/C13H24N2O3/c1-3-9-15(10-12(16)18-4-2)13(17)11-5-7-14-8-6-11/h11,14H,3-10H2,1-2H3. The van der Waals surface area contributed by atoms with Crippen LogP contribution in [0.25, 0.3) is 0 Å². The van der Waals surface area contributed by atoms with Gasteiger partial charge in [0.25, 0.3) is 0 Å². The van der Waals surface area contributed by atoms with Crippen LogP contribution >= 0.6 is 0 Å². The van der Waals surface area contributed by atoms with Gasteiger partial charge in [-0.05, 0) is 39.3 Å². The number of nitrogens with zero attached hydrogens (tertiary/aromatic N) is 1. The third-order valence-corrected chi connectivity index (χ3v) is 3.12. The van der Waals surface area contributed by atoms with E-state index in [1.165, 1.54) is 0 Å². The molecule has 1 fully saturated rings. The lowest BCUT2D eigenvalue weighted by molar-refractivity contribution is -0.150. The van der Waals surface area contributed by atoms with Crippen molar-refractivity contribution in [3.8, 4) is 0 Å².